The Morgan fingerprint density at radius 2 is 1.63 bits per heavy atom. The van der Waals surface area contributed by atoms with Crippen LogP contribution in [0.2, 0.25) is 5.02 Å². The van der Waals surface area contributed by atoms with E-state index in [2.05, 4.69) is 21.9 Å². The minimum absolute atomic E-state index is 0.127. The van der Waals surface area contributed by atoms with E-state index in [1.807, 2.05) is 48.5 Å². The van der Waals surface area contributed by atoms with Crippen LogP contribution in [0.5, 0.6) is 17.2 Å². The van der Waals surface area contributed by atoms with E-state index < -0.39 is 5.82 Å². The van der Waals surface area contributed by atoms with Crippen LogP contribution in [0, 0.1) is 5.82 Å². The van der Waals surface area contributed by atoms with E-state index in [0.717, 1.165) is 48.7 Å². The number of hydrogen-bond acceptors (Lipinski definition) is 5. The molecule has 5 nitrogen and oxygen atoms in total. The average Bonchev–Trinajstić information content (AvgIpc) is 2.95. The Morgan fingerprint density at radius 1 is 0.895 bits per heavy atom. The molecule has 7 heteroatoms. The van der Waals surface area contributed by atoms with Crippen LogP contribution < -0.4 is 14.4 Å². The third kappa shape index (κ3) is 5.87. The van der Waals surface area contributed by atoms with Crippen LogP contribution in [0.3, 0.4) is 0 Å². The van der Waals surface area contributed by atoms with Crippen LogP contribution in [-0.2, 0) is 6.61 Å². The van der Waals surface area contributed by atoms with Crippen molar-refractivity contribution in [1.29, 1.82) is 0 Å². The number of methoxy groups -OCH3 is 1. The Morgan fingerprint density at radius 3 is 2.32 bits per heavy atom. The summed E-state index contributed by atoms with van der Waals surface area (Å²) >= 11 is 6.33. The summed E-state index contributed by atoms with van der Waals surface area (Å²) in [4.78, 5) is 4.57. The number of ether oxygens (including phenoxy) is 2. The zero-order chi connectivity index (χ0) is 26.5. The fraction of sp³-hybridized carbons (Fsp3) is 0.226. The maximum atomic E-state index is 15.3. The second-order valence-corrected chi connectivity index (χ2v) is 9.73. The monoisotopic (exact) mass is 532 g/mol. The van der Waals surface area contributed by atoms with E-state index in [4.69, 9.17) is 21.1 Å². The highest BCUT2D eigenvalue weighted by atomic mass is 35.5. The minimum Gasteiger partial charge on any atom is -0.508 e. The zero-order valence-corrected chi connectivity index (χ0v) is 21.9. The topological polar surface area (TPSA) is 45.2 Å². The van der Waals surface area contributed by atoms with Gasteiger partial charge in [-0.05, 0) is 65.7 Å². The first-order valence-electron chi connectivity index (χ1n) is 12.6. The predicted molar refractivity (Wildman–Crippen MR) is 149 cm³/mol. The summed E-state index contributed by atoms with van der Waals surface area (Å²) in [6.45, 7) is 3.28. The summed E-state index contributed by atoms with van der Waals surface area (Å²) in [5.74, 6) is 0.696. The number of piperazine rings is 1. The molecule has 1 unspecified atom stereocenters. The number of nitrogens with zero attached hydrogens (tertiary/aromatic N) is 2. The second kappa shape index (κ2) is 11.8. The van der Waals surface area contributed by atoms with Crippen molar-refractivity contribution in [2.45, 2.75) is 12.6 Å². The molecule has 1 fully saturated rings. The molecule has 1 aliphatic heterocycles. The summed E-state index contributed by atoms with van der Waals surface area (Å²) in [6.07, 6.45) is 0. The van der Waals surface area contributed by atoms with E-state index >= 15 is 4.39 Å². The molecule has 5 rings (SSSR count). The van der Waals surface area contributed by atoms with Crippen LogP contribution in [0.25, 0.3) is 0 Å². The zero-order valence-electron chi connectivity index (χ0n) is 21.2. The molecule has 0 aliphatic carbocycles. The van der Waals surface area contributed by atoms with Gasteiger partial charge in [-0.25, -0.2) is 4.39 Å². The predicted octanol–water partition coefficient (Wildman–Crippen LogP) is 6.68. The SMILES string of the molecule is COc1ccc(N2CCN(C(c3ccc(OCc4ccccc4)c(F)c3)c3cc(Cl)ccc3O)CC2)cc1. The first kappa shape index (κ1) is 25.9. The van der Waals surface area contributed by atoms with Crippen LogP contribution in [0.15, 0.2) is 91.0 Å². The van der Waals surface area contributed by atoms with Crippen molar-refractivity contribution >= 4 is 17.3 Å². The first-order chi connectivity index (χ1) is 18.5. The molecule has 0 spiro atoms. The summed E-state index contributed by atoms with van der Waals surface area (Å²) in [5.41, 5.74) is 3.46. The van der Waals surface area contributed by atoms with Gasteiger partial charge in [0.15, 0.2) is 11.6 Å². The van der Waals surface area contributed by atoms with E-state index in [-0.39, 0.29) is 24.1 Å². The number of phenolic OH excluding ortho intramolecular Hbond substituents is 1. The van der Waals surface area contributed by atoms with Crippen molar-refractivity contribution < 1.29 is 19.0 Å². The van der Waals surface area contributed by atoms with Crippen LogP contribution in [-0.4, -0.2) is 43.3 Å². The lowest BCUT2D eigenvalue weighted by Crippen LogP contribution is -2.48. The smallest absolute Gasteiger partial charge is 0.165 e. The molecule has 1 N–H and O–H groups in total. The van der Waals surface area contributed by atoms with Gasteiger partial charge in [-0.2, -0.15) is 0 Å². The molecule has 1 heterocycles. The molecule has 0 amide bonds. The summed E-state index contributed by atoms with van der Waals surface area (Å²) < 4.78 is 26.3. The largest absolute Gasteiger partial charge is 0.508 e. The van der Waals surface area contributed by atoms with Gasteiger partial charge in [-0.3, -0.25) is 4.90 Å². The fourth-order valence-corrected chi connectivity index (χ4v) is 5.08. The van der Waals surface area contributed by atoms with E-state index in [1.54, 1.807) is 31.4 Å². The molecule has 196 valence electrons. The maximum Gasteiger partial charge on any atom is 0.165 e. The van der Waals surface area contributed by atoms with Crippen molar-refractivity contribution in [2.75, 3.05) is 38.2 Å². The molecule has 0 radical (unpaired) electrons. The Bertz CT molecular complexity index is 1360. The van der Waals surface area contributed by atoms with Gasteiger partial charge >= 0.3 is 0 Å². The van der Waals surface area contributed by atoms with Crippen molar-refractivity contribution in [2.24, 2.45) is 0 Å². The van der Waals surface area contributed by atoms with Crippen LogP contribution in [0.1, 0.15) is 22.7 Å². The van der Waals surface area contributed by atoms with Gasteiger partial charge in [-0.1, -0.05) is 48.0 Å². The van der Waals surface area contributed by atoms with Crippen LogP contribution in [0.4, 0.5) is 10.1 Å². The third-order valence-corrected chi connectivity index (χ3v) is 7.15. The van der Waals surface area contributed by atoms with Gasteiger partial charge in [0, 0.05) is 42.5 Å². The Labute approximate surface area is 227 Å². The number of hydrogen-bond donors (Lipinski definition) is 1. The maximum absolute atomic E-state index is 15.3. The number of rotatable bonds is 8. The van der Waals surface area contributed by atoms with Gasteiger partial charge in [-0.15, -0.1) is 0 Å². The van der Waals surface area contributed by atoms with Gasteiger partial charge in [0.05, 0.1) is 13.2 Å². The molecule has 38 heavy (non-hydrogen) atoms. The summed E-state index contributed by atoms with van der Waals surface area (Å²) in [7, 11) is 1.66. The molecule has 4 aromatic rings. The standard InChI is InChI=1S/C31H30ClFN2O3/c1-37-26-11-9-25(10-12-26)34-15-17-35(18-16-34)31(27-20-24(32)8-13-29(27)36)23-7-14-30(28(33)19-23)38-21-22-5-3-2-4-6-22/h2-14,19-20,31,36H,15-18,21H2,1H3. The molecule has 1 saturated heterocycles. The molecular formula is C31H30ClFN2O3. The van der Waals surface area contributed by atoms with Gasteiger partial charge in [0.1, 0.15) is 18.1 Å². The second-order valence-electron chi connectivity index (χ2n) is 9.29. The lowest BCUT2D eigenvalue weighted by molar-refractivity contribution is 0.208. The molecule has 0 bridgehead atoms. The molecule has 4 aromatic carbocycles. The molecule has 0 aromatic heterocycles. The number of halogens is 2. The van der Waals surface area contributed by atoms with Crippen LogP contribution >= 0.6 is 11.6 Å². The van der Waals surface area contributed by atoms with E-state index in [1.165, 1.54) is 6.07 Å². The first-order valence-corrected chi connectivity index (χ1v) is 13.0. The van der Waals surface area contributed by atoms with E-state index in [9.17, 15) is 5.11 Å². The van der Waals surface area contributed by atoms with Gasteiger partial charge in [0.2, 0.25) is 0 Å². The molecule has 1 aliphatic rings. The third-order valence-electron chi connectivity index (χ3n) is 6.91. The molecular weight excluding hydrogens is 503 g/mol. The summed E-state index contributed by atoms with van der Waals surface area (Å²) in [5, 5.41) is 11.3. The lowest BCUT2D eigenvalue weighted by Gasteiger charge is -2.41. The van der Waals surface area contributed by atoms with Gasteiger partial charge in [0.25, 0.3) is 0 Å². The number of aromatic hydroxyl groups is 1. The van der Waals surface area contributed by atoms with Crippen molar-refractivity contribution in [3.05, 3.63) is 119 Å². The summed E-state index contributed by atoms with van der Waals surface area (Å²) in [6, 6.07) is 27.3. The highest BCUT2D eigenvalue weighted by molar-refractivity contribution is 6.30. The highest BCUT2D eigenvalue weighted by Crippen LogP contribution is 2.38. The van der Waals surface area contributed by atoms with E-state index in [0.29, 0.717) is 10.6 Å². The van der Waals surface area contributed by atoms with Crippen molar-refractivity contribution in [3.63, 3.8) is 0 Å². The Kier molecular flexibility index (Phi) is 8.01. The normalized spacial score (nSPS) is 14.8. The number of benzene rings is 4. The van der Waals surface area contributed by atoms with Crippen molar-refractivity contribution in [1.82, 2.24) is 4.90 Å². The Balaban J connectivity index is 1.38. The fourth-order valence-electron chi connectivity index (χ4n) is 4.90. The van der Waals surface area contributed by atoms with Crippen molar-refractivity contribution in [3.8, 4) is 17.2 Å². The molecule has 1 atom stereocenters. The number of phenols is 1. The highest BCUT2D eigenvalue weighted by Gasteiger charge is 2.29. The lowest BCUT2D eigenvalue weighted by atomic mass is 9.95. The Hall–Kier alpha value is -3.74. The van der Waals surface area contributed by atoms with Gasteiger partial charge < -0.3 is 19.5 Å². The average molecular weight is 533 g/mol. The molecule has 0 saturated carbocycles. The number of anilines is 1. The minimum atomic E-state index is -0.443. The quantitative estimate of drug-likeness (QED) is 0.274.